The number of anilines is 2. The number of phenols is 1. The van der Waals surface area contributed by atoms with Crippen LogP contribution in [0.25, 0.3) is 22.0 Å². The molecule has 14 nitrogen and oxygen atoms in total. The van der Waals surface area contributed by atoms with Gasteiger partial charge in [0.1, 0.15) is 17.6 Å². The molecule has 5 aromatic rings. The fourth-order valence-corrected chi connectivity index (χ4v) is 10.8. The van der Waals surface area contributed by atoms with Gasteiger partial charge in [-0.15, -0.1) is 0 Å². The smallest absolute Gasteiger partial charge is 0.411 e. The van der Waals surface area contributed by atoms with Crippen molar-refractivity contribution in [2.24, 2.45) is 11.8 Å². The van der Waals surface area contributed by atoms with Crippen molar-refractivity contribution < 1.29 is 33.4 Å². The number of hydrogen-bond donors (Lipinski definition) is 5. The molecule has 1 aliphatic carbocycles. The molecular weight excluding hydrogens is 912 g/mol. The number of ether oxygens (including phenoxy) is 2. The van der Waals surface area contributed by atoms with Gasteiger partial charge in [0, 0.05) is 87.8 Å². The summed E-state index contributed by atoms with van der Waals surface area (Å²) in [5, 5.41) is 20.9. The highest BCUT2D eigenvalue weighted by molar-refractivity contribution is 6.74. The number of rotatable bonds is 19. The number of nitrogens with one attached hydrogen (secondary N) is 4. The molecule has 4 atom stereocenters. The van der Waals surface area contributed by atoms with E-state index in [0.29, 0.717) is 83.9 Å². The number of aromatic amines is 1. The van der Waals surface area contributed by atoms with Crippen LogP contribution in [-0.4, -0.2) is 99.1 Å². The van der Waals surface area contributed by atoms with Crippen LogP contribution in [0.4, 0.5) is 16.2 Å². The summed E-state index contributed by atoms with van der Waals surface area (Å²) in [6.45, 7) is 14.5. The number of phenolic OH excluding ortho intramolecular Hbond substituents is 1. The van der Waals surface area contributed by atoms with Crippen LogP contribution >= 0.6 is 11.6 Å². The minimum absolute atomic E-state index is 0.0131. The number of H-pyrrole nitrogens is 1. The fraction of sp³-hybridized carbons (Fsp3) is 0.434. The quantitative estimate of drug-likeness (QED) is 0.0501. The Bertz CT molecular complexity index is 2660. The van der Waals surface area contributed by atoms with E-state index in [0.717, 1.165) is 48.2 Å². The monoisotopic (exact) mass is 978 g/mol. The highest BCUT2D eigenvalue weighted by Crippen LogP contribution is 2.42. The molecule has 7 rings (SSSR count). The fourth-order valence-electron chi connectivity index (χ4n) is 9.28. The molecule has 0 radical (unpaired) electrons. The van der Waals surface area contributed by atoms with Crippen LogP contribution < -0.4 is 26.2 Å². The number of fused-ring (bicyclic) bond motifs is 2. The second kappa shape index (κ2) is 22.4. The van der Waals surface area contributed by atoms with Crippen molar-refractivity contribution >= 4 is 60.1 Å². The van der Waals surface area contributed by atoms with Gasteiger partial charge in [-0.25, -0.2) is 4.79 Å². The maximum absolute atomic E-state index is 13.1. The van der Waals surface area contributed by atoms with Crippen molar-refractivity contribution in [2.75, 3.05) is 57.5 Å². The van der Waals surface area contributed by atoms with Crippen LogP contribution in [0.15, 0.2) is 95.8 Å². The first kappa shape index (κ1) is 51.1. The Hall–Kier alpha value is -5.71. The molecule has 4 aromatic carbocycles. The Morgan fingerprint density at radius 3 is 2.35 bits per heavy atom. The number of hydrogen-bond acceptors (Lipinski definition) is 10. The lowest BCUT2D eigenvalue weighted by molar-refractivity contribution is -0.130. The van der Waals surface area contributed by atoms with E-state index in [4.69, 9.17) is 25.5 Å². The number of pyridine rings is 1. The summed E-state index contributed by atoms with van der Waals surface area (Å²) in [6, 6.07) is 27.7. The molecule has 69 heavy (non-hydrogen) atoms. The van der Waals surface area contributed by atoms with E-state index in [1.54, 1.807) is 43.3 Å². The van der Waals surface area contributed by atoms with Crippen LogP contribution in [0.3, 0.4) is 0 Å². The number of para-hydroxylation sites is 1. The predicted octanol–water partition coefficient (Wildman–Crippen LogP) is 9.94. The number of likely N-dealkylation sites (tertiary alicyclic amines) is 1. The molecule has 1 saturated heterocycles. The number of benzene rings is 4. The Morgan fingerprint density at radius 2 is 1.64 bits per heavy atom. The van der Waals surface area contributed by atoms with Gasteiger partial charge < -0.3 is 44.4 Å². The molecule has 1 aromatic heterocycles. The molecule has 2 aliphatic rings. The highest BCUT2D eigenvalue weighted by Gasteiger charge is 2.43. The van der Waals surface area contributed by atoms with Crippen LogP contribution in [0, 0.1) is 11.8 Å². The van der Waals surface area contributed by atoms with E-state index in [9.17, 15) is 24.3 Å². The summed E-state index contributed by atoms with van der Waals surface area (Å²) in [6.07, 6.45) is 1.71. The average Bonchev–Trinajstić information content (AvgIpc) is 3.87. The first-order valence-electron chi connectivity index (χ1n) is 23.9. The van der Waals surface area contributed by atoms with Crippen molar-refractivity contribution in [1.29, 1.82) is 0 Å². The Balaban J connectivity index is 0.833. The van der Waals surface area contributed by atoms with E-state index < -0.39 is 20.5 Å². The SMILES string of the molecule is COc1cc(NC(=O)CCCN(C)C(=O)CCN2C[C@H]3C[C@H](OC(=O)Nc4ccccc4-c4ccccc4)C[C@H]3C2)c(Cl)cc1CNC[C@H](O[Si](C)(C)C(C)(C)C)c1ccc(O)c2[nH]c(=O)ccc12. The number of methoxy groups -OCH3 is 1. The van der Waals surface area contributed by atoms with Crippen molar-refractivity contribution in [1.82, 2.24) is 20.1 Å². The van der Waals surface area contributed by atoms with E-state index in [2.05, 4.69) is 59.7 Å². The molecule has 5 N–H and O–H groups in total. The normalized spacial score (nSPS) is 17.6. The Morgan fingerprint density at radius 1 is 0.928 bits per heavy atom. The summed E-state index contributed by atoms with van der Waals surface area (Å²) in [5.41, 5.74) is 4.78. The van der Waals surface area contributed by atoms with E-state index in [-0.39, 0.29) is 40.7 Å². The second-order valence-corrected chi connectivity index (χ2v) is 25.1. The number of carbonyl (C=O) groups excluding carboxylic acids is 3. The lowest BCUT2D eigenvalue weighted by Gasteiger charge is -2.39. The van der Waals surface area contributed by atoms with Gasteiger partial charge in [0.2, 0.25) is 17.4 Å². The van der Waals surface area contributed by atoms with Crippen LogP contribution in [0.1, 0.15) is 70.1 Å². The lowest BCUT2D eigenvalue weighted by Crippen LogP contribution is -2.43. The minimum atomic E-state index is -2.29. The molecule has 368 valence electrons. The predicted molar refractivity (Wildman–Crippen MR) is 276 cm³/mol. The molecule has 16 heteroatoms. The topological polar surface area (TPSA) is 175 Å². The largest absolute Gasteiger partial charge is 0.506 e. The molecule has 1 saturated carbocycles. The maximum atomic E-state index is 13.1. The summed E-state index contributed by atoms with van der Waals surface area (Å²) >= 11 is 6.74. The zero-order valence-electron chi connectivity index (χ0n) is 40.8. The molecule has 0 unspecified atom stereocenters. The molecule has 0 spiro atoms. The maximum Gasteiger partial charge on any atom is 0.411 e. The van der Waals surface area contributed by atoms with Crippen LogP contribution in [0.5, 0.6) is 11.5 Å². The number of nitrogens with zero attached hydrogens (tertiary/aromatic N) is 2. The summed E-state index contributed by atoms with van der Waals surface area (Å²) in [4.78, 5) is 58.1. The summed E-state index contributed by atoms with van der Waals surface area (Å²) < 4.78 is 18.6. The van der Waals surface area contributed by atoms with Crippen molar-refractivity contribution in [2.45, 2.75) is 89.8 Å². The van der Waals surface area contributed by atoms with Gasteiger partial charge in [-0.2, -0.15) is 0 Å². The Kier molecular flexibility index (Phi) is 16.6. The first-order valence-corrected chi connectivity index (χ1v) is 27.2. The number of aromatic hydroxyl groups is 1. The highest BCUT2D eigenvalue weighted by atomic mass is 35.5. The first-order chi connectivity index (χ1) is 32.9. The van der Waals surface area contributed by atoms with E-state index in [1.165, 1.54) is 6.07 Å². The van der Waals surface area contributed by atoms with E-state index in [1.807, 2.05) is 60.7 Å². The number of halogens is 1. The van der Waals surface area contributed by atoms with Crippen molar-refractivity contribution in [3.8, 4) is 22.6 Å². The third-order valence-electron chi connectivity index (χ3n) is 14.1. The zero-order valence-corrected chi connectivity index (χ0v) is 42.6. The van der Waals surface area contributed by atoms with Gasteiger partial charge >= 0.3 is 6.09 Å². The lowest BCUT2D eigenvalue weighted by atomic mass is 10.0. The molecule has 2 heterocycles. The van der Waals surface area contributed by atoms with E-state index >= 15 is 0 Å². The number of carbonyl (C=O) groups is 3. The van der Waals surface area contributed by atoms with Gasteiger partial charge in [-0.1, -0.05) is 87.0 Å². The third-order valence-corrected chi connectivity index (χ3v) is 18.9. The number of amides is 3. The summed E-state index contributed by atoms with van der Waals surface area (Å²) in [5.74, 6) is 1.18. The zero-order chi connectivity index (χ0) is 49.5. The van der Waals surface area contributed by atoms with Crippen molar-refractivity contribution in [3.05, 3.63) is 117 Å². The third kappa shape index (κ3) is 12.9. The molecule has 2 fully saturated rings. The Labute approximate surface area is 411 Å². The standard InChI is InChI=1S/C53H67ClN6O8Si/c1-53(2,3)69(6,7)68-47(40-19-21-45(61)51-41(40)20-22-49(63)58-51)31-55-30-35-28-42(54)44(29-46(35)66-5)56-48(62)18-13-24-59(4)50(64)23-25-60-32-36-26-38(27-37(36)33-60)67-52(65)57-43-17-12-11-16-39(43)34-14-9-8-10-15-34/h8-12,14-17,19-22,28-29,36-38,47,55,61H,13,18,23-27,30-33H2,1-7H3,(H,56,62)(H,57,65)(H,58,63)/t36-,37+,38+,47-/m0/s1. The van der Waals surface area contributed by atoms with Gasteiger partial charge in [0.25, 0.3) is 0 Å². The van der Waals surface area contributed by atoms with Gasteiger partial charge in [0.15, 0.2) is 8.32 Å². The minimum Gasteiger partial charge on any atom is -0.506 e. The van der Waals surface area contributed by atoms with Gasteiger partial charge in [-0.05, 0) is 84.6 Å². The van der Waals surface area contributed by atoms with Crippen molar-refractivity contribution in [3.63, 3.8) is 0 Å². The average molecular weight is 980 g/mol. The molecule has 0 bridgehead atoms. The van der Waals surface area contributed by atoms with Crippen LogP contribution in [0.2, 0.25) is 23.2 Å². The van der Waals surface area contributed by atoms with Gasteiger partial charge in [0.05, 0.1) is 35.1 Å². The van der Waals surface area contributed by atoms with Gasteiger partial charge in [-0.3, -0.25) is 19.7 Å². The number of aromatic nitrogens is 1. The van der Waals surface area contributed by atoms with Crippen LogP contribution in [-0.2, 0) is 25.3 Å². The summed E-state index contributed by atoms with van der Waals surface area (Å²) in [7, 11) is 1.05. The molecular formula is C53H67ClN6O8Si. The molecule has 3 amide bonds. The second-order valence-electron chi connectivity index (χ2n) is 20.0. The molecule has 1 aliphatic heterocycles.